The highest BCUT2D eigenvalue weighted by Gasteiger charge is 2.21. The van der Waals surface area contributed by atoms with Crippen molar-refractivity contribution in [3.63, 3.8) is 0 Å². The van der Waals surface area contributed by atoms with Crippen molar-refractivity contribution < 1.29 is 9.13 Å². The van der Waals surface area contributed by atoms with Gasteiger partial charge in [0.2, 0.25) is 0 Å². The zero-order valence-electron chi connectivity index (χ0n) is 12.9. The lowest BCUT2D eigenvalue weighted by molar-refractivity contribution is 0.315. The van der Waals surface area contributed by atoms with Crippen LogP contribution in [0.4, 0.5) is 10.2 Å². The Balaban J connectivity index is 1.90. The normalized spacial score (nSPS) is 17.3. The largest absolute Gasteiger partial charge is 0.493 e. The van der Waals surface area contributed by atoms with Gasteiger partial charge in [0.15, 0.2) is 0 Å². The van der Waals surface area contributed by atoms with Gasteiger partial charge in [-0.15, -0.1) is 0 Å². The van der Waals surface area contributed by atoms with Crippen LogP contribution in [0, 0.1) is 12.7 Å². The summed E-state index contributed by atoms with van der Waals surface area (Å²) in [6, 6.07) is 6.77. The number of ether oxygens (including phenoxy) is 1. The average molecular weight is 301 g/mol. The molecule has 0 saturated heterocycles. The quantitative estimate of drug-likeness (QED) is 0.936. The minimum Gasteiger partial charge on any atom is -0.493 e. The molecule has 0 bridgehead atoms. The van der Waals surface area contributed by atoms with Crippen molar-refractivity contribution in [2.45, 2.75) is 39.2 Å². The molecular weight excluding hydrogens is 281 g/mol. The Morgan fingerprint density at radius 3 is 3.00 bits per heavy atom. The smallest absolute Gasteiger partial charge is 0.130 e. The van der Waals surface area contributed by atoms with Gasteiger partial charge in [-0.3, -0.25) is 0 Å². The second-order valence-corrected chi connectivity index (χ2v) is 5.52. The minimum absolute atomic E-state index is 0.0668. The Morgan fingerprint density at radius 2 is 2.18 bits per heavy atom. The van der Waals surface area contributed by atoms with E-state index in [1.165, 1.54) is 12.1 Å². The Hall–Kier alpha value is -2.17. The molecule has 0 aliphatic carbocycles. The van der Waals surface area contributed by atoms with E-state index in [4.69, 9.17) is 4.74 Å². The molecular formula is C17H20FN3O. The van der Waals surface area contributed by atoms with E-state index in [1.54, 1.807) is 6.07 Å². The highest BCUT2D eigenvalue weighted by molar-refractivity contribution is 5.44. The molecule has 0 saturated carbocycles. The first-order valence-corrected chi connectivity index (χ1v) is 7.69. The van der Waals surface area contributed by atoms with Gasteiger partial charge in [0.1, 0.15) is 23.2 Å². The monoisotopic (exact) mass is 301 g/mol. The highest BCUT2D eigenvalue weighted by atomic mass is 19.1. The van der Waals surface area contributed by atoms with Crippen molar-refractivity contribution in [1.29, 1.82) is 0 Å². The number of benzene rings is 1. The lowest BCUT2D eigenvalue weighted by atomic mass is 10.0. The van der Waals surface area contributed by atoms with Gasteiger partial charge in [-0.1, -0.05) is 13.0 Å². The molecule has 3 rings (SSSR count). The Labute approximate surface area is 129 Å². The van der Waals surface area contributed by atoms with Crippen LogP contribution >= 0.6 is 0 Å². The molecule has 1 aliphatic rings. The molecule has 1 aromatic carbocycles. The first-order chi connectivity index (χ1) is 10.7. The van der Waals surface area contributed by atoms with Gasteiger partial charge in [0.25, 0.3) is 0 Å². The fourth-order valence-electron chi connectivity index (χ4n) is 2.76. The minimum atomic E-state index is -0.273. The molecule has 1 aromatic heterocycles. The molecule has 1 aliphatic heterocycles. The van der Waals surface area contributed by atoms with Crippen LogP contribution in [0.1, 0.15) is 42.9 Å². The van der Waals surface area contributed by atoms with E-state index in [-0.39, 0.29) is 11.9 Å². The molecule has 0 amide bonds. The molecule has 1 atom stereocenters. The topological polar surface area (TPSA) is 47.0 Å². The summed E-state index contributed by atoms with van der Waals surface area (Å²) in [7, 11) is 0. The predicted molar refractivity (Wildman–Crippen MR) is 83.6 cm³/mol. The van der Waals surface area contributed by atoms with Crippen LogP contribution in [0.15, 0.2) is 24.3 Å². The van der Waals surface area contributed by atoms with Gasteiger partial charge in [-0.2, -0.15) is 0 Å². The molecule has 5 heteroatoms. The number of aryl methyl sites for hydroxylation is 2. The standard InChI is InChI=1S/C17H20FN3O/c1-3-13-10-17(20-11(2)19-13)21-15-5-4-8-22-16-9-12(18)6-7-14(15)16/h6-7,9-10,15H,3-5,8H2,1-2H3,(H,19,20,21). The van der Waals surface area contributed by atoms with Crippen molar-refractivity contribution >= 4 is 5.82 Å². The lowest BCUT2D eigenvalue weighted by Gasteiger charge is -2.19. The number of hydrogen-bond acceptors (Lipinski definition) is 4. The summed E-state index contributed by atoms with van der Waals surface area (Å²) >= 11 is 0. The van der Waals surface area contributed by atoms with Crippen molar-refractivity contribution in [2.75, 3.05) is 11.9 Å². The Morgan fingerprint density at radius 1 is 1.32 bits per heavy atom. The summed E-state index contributed by atoms with van der Waals surface area (Å²) in [5.74, 6) is 1.92. The third kappa shape index (κ3) is 3.18. The number of nitrogens with one attached hydrogen (secondary N) is 1. The van der Waals surface area contributed by atoms with E-state index in [0.29, 0.717) is 12.4 Å². The maximum Gasteiger partial charge on any atom is 0.130 e. The number of halogens is 1. The van der Waals surface area contributed by atoms with Gasteiger partial charge >= 0.3 is 0 Å². The lowest BCUT2D eigenvalue weighted by Crippen LogP contribution is -2.12. The molecule has 0 fully saturated rings. The van der Waals surface area contributed by atoms with Crippen molar-refractivity contribution in [1.82, 2.24) is 9.97 Å². The van der Waals surface area contributed by atoms with Crippen LogP contribution in [0.2, 0.25) is 0 Å². The third-order valence-corrected chi connectivity index (χ3v) is 3.82. The Bertz CT molecular complexity index is 675. The first kappa shape index (κ1) is 14.8. The summed E-state index contributed by atoms with van der Waals surface area (Å²) in [6.07, 6.45) is 2.70. The average Bonchev–Trinajstić information content (AvgIpc) is 2.68. The zero-order valence-corrected chi connectivity index (χ0v) is 12.9. The Kier molecular flexibility index (Phi) is 4.22. The molecule has 1 N–H and O–H groups in total. The number of aromatic nitrogens is 2. The van der Waals surface area contributed by atoms with Crippen LogP contribution in [0.25, 0.3) is 0 Å². The number of anilines is 1. The first-order valence-electron chi connectivity index (χ1n) is 7.69. The molecule has 4 nitrogen and oxygen atoms in total. The number of rotatable bonds is 3. The molecule has 0 spiro atoms. The maximum atomic E-state index is 13.4. The summed E-state index contributed by atoms with van der Waals surface area (Å²) in [5.41, 5.74) is 1.99. The van der Waals surface area contributed by atoms with E-state index in [9.17, 15) is 4.39 Å². The maximum absolute atomic E-state index is 13.4. The van der Waals surface area contributed by atoms with Gasteiger partial charge in [-0.05, 0) is 32.3 Å². The van der Waals surface area contributed by atoms with E-state index in [1.807, 2.05) is 13.0 Å². The number of fused-ring (bicyclic) bond motifs is 1. The molecule has 2 heterocycles. The van der Waals surface area contributed by atoms with Gasteiger partial charge in [0, 0.05) is 23.4 Å². The fraction of sp³-hybridized carbons (Fsp3) is 0.412. The van der Waals surface area contributed by atoms with E-state index < -0.39 is 0 Å². The van der Waals surface area contributed by atoms with E-state index >= 15 is 0 Å². The van der Waals surface area contributed by atoms with Gasteiger partial charge in [0.05, 0.1) is 12.6 Å². The molecule has 2 aromatic rings. The van der Waals surface area contributed by atoms with Crippen molar-refractivity contribution in [3.05, 3.63) is 47.2 Å². The number of nitrogens with zero attached hydrogens (tertiary/aromatic N) is 2. The molecule has 116 valence electrons. The van der Waals surface area contributed by atoms with Crippen LogP contribution in [-0.2, 0) is 6.42 Å². The predicted octanol–water partition coefficient (Wildman–Crippen LogP) is 3.81. The second-order valence-electron chi connectivity index (χ2n) is 5.52. The van der Waals surface area contributed by atoms with Crippen LogP contribution in [-0.4, -0.2) is 16.6 Å². The van der Waals surface area contributed by atoms with E-state index in [0.717, 1.165) is 42.2 Å². The van der Waals surface area contributed by atoms with Gasteiger partial charge < -0.3 is 10.1 Å². The summed E-state index contributed by atoms with van der Waals surface area (Å²) in [6.45, 7) is 4.57. The third-order valence-electron chi connectivity index (χ3n) is 3.82. The van der Waals surface area contributed by atoms with Crippen LogP contribution < -0.4 is 10.1 Å². The molecule has 0 radical (unpaired) electrons. The van der Waals surface area contributed by atoms with Crippen molar-refractivity contribution in [3.8, 4) is 5.75 Å². The highest BCUT2D eigenvalue weighted by Crippen LogP contribution is 2.34. The van der Waals surface area contributed by atoms with Gasteiger partial charge in [-0.25, -0.2) is 14.4 Å². The second kappa shape index (κ2) is 6.30. The zero-order chi connectivity index (χ0) is 15.5. The SMILES string of the molecule is CCc1cc(NC2CCCOc3cc(F)ccc32)nc(C)n1. The summed E-state index contributed by atoms with van der Waals surface area (Å²) < 4.78 is 19.1. The van der Waals surface area contributed by atoms with Crippen LogP contribution in [0.3, 0.4) is 0 Å². The summed E-state index contributed by atoms with van der Waals surface area (Å²) in [5, 5.41) is 3.46. The van der Waals surface area contributed by atoms with E-state index in [2.05, 4.69) is 22.2 Å². The fourth-order valence-corrected chi connectivity index (χ4v) is 2.76. The summed E-state index contributed by atoms with van der Waals surface area (Å²) in [4.78, 5) is 8.85. The van der Waals surface area contributed by atoms with Crippen LogP contribution in [0.5, 0.6) is 5.75 Å². The number of hydrogen-bond donors (Lipinski definition) is 1. The molecule has 22 heavy (non-hydrogen) atoms. The van der Waals surface area contributed by atoms with Crippen molar-refractivity contribution in [2.24, 2.45) is 0 Å². The molecule has 1 unspecified atom stereocenters.